The Morgan fingerprint density at radius 3 is 2.69 bits per heavy atom. The number of hydrogen-bond acceptors (Lipinski definition) is 4. The molecule has 0 aliphatic carbocycles. The van der Waals surface area contributed by atoms with Crippen molar-refractivity contribution < 1.29 is 8.42 Å². The average Bonchev–Trinajstić information content (AvgIpc) is 2.28. The SMILES string of the molecule is CC(CN)C(C)NS(=O)(=O)c1cccnc1. The largest absolute Gasteiger partial charge is 0.330 e. The first-order chi connectivity index (χ1) is 7.47. The monoisotopic (exact) mass is 243 g/mol. The molecule has 0 aliphatic rings. The number of nitrogens with two attached hydrogens (primary N) is 1. The van der Waals surface area contributed by atoms with E-state index in [4.69, 9.17) is 5.73 Å². The summed E-state index contributed by atoms with van der Waals surface area (Å²) in [4.78, 5) is 3.95. The van der Waals surface area contributed by atoms with Gasteiger partial charge in [-0.3, -0.25) is 4.98 Å². The van der Waals surface area contributed by atoms with E-state index >= 15 is 0 Å². The molecule has 0 aromatic carbocycles. The Hall–Kier alpha value is -0.980. The van der Waals surface area contributed by atoms with Crippen molar-refractivity contribution in [3.05, 3.63) is 24.5 Å². The van der Waals surface area contributed by atoms with Gasteiger partial charge in [0.05, 0.1) is 0 Å². The fraction of sp³-hybridized carbons (Fsp3) is 0.500. The van der Waals surface area contributed by atoms with E-state index in [-0.39, 0.29) is 16.9 Å². The Bertz CT molecular complexity index is 419. The minimum atomic E-state index is -3.48. The molecule has 1 heterocycles. The maximum absolute atomic E-state index is 11.9. The summed E-state index contributed by atoms with van der Waals surface area (Å²) in [5.74, 6) is 0.0893. The van der Waals surface area contributed by atoms with Crippen LogP contribution in [0.2, 0.25) is 0 Å². The highest BCUT2D eigenvalue weighted by Gasteiger charge is 2.20. The van der Waals surface area contributed by atoms with E-state index in [0.29, 0.717) is 6.54 Å². The Labute approximate surface area is 96.1 Å². The van der Waals surface area contributed by atoms with E-state index in [2.05, 4.69) is 9.71 Å². The molecule has 0 spiro atoms. The molecule has 5 nitrogen and oxygen atoms in total. The summed E-state index contributed by atoms with van der Waals surface area (Å²) in [7, 11) is -3.48. The molecule has 0 amide bonds. The summed E-state index contributed by atoms with van der Waals surface area (Å²) in [5.41, 5.74) is 5.48. The van der Waals surface area contributed by atoms with Crippen molar-refractivity contribution in [1.82, 2.24) is 9.71 Å². The first-order valence-electron chi connectivity index (χ1n) is 5.10. The molecule has 0 aliphatic heterocycles. The Morgan fingerprint density at radius 1 is 1.50 bits per heavy atom. The van der Waals surface area contributed by atoms with Crippen LogP contribution in [0.4, 0.5) is 0 Å². The van der Waals surface area contributed by atoms with E-state index in [1.807, 2.05) is 6.92 Å². The molecular weight excluding hydrogens is 226 g/mol. The lowest BCUT2D eigenvalue weighted by Gasteiger charge is -2.19. The lowest BCUT2D eigenvalue weighted by molar-refractivity contribution is 0.453. The third-order valence-corrected chi connectivity index (χ3v) is 4.06. The van der Waals surface area contributed by atoms with E-state index in [1.165, 1.54) is 18.5 Å². The van der Waals surface area contributed by atoms with Gasteiger partial charge in [-0.15, -0.1) is 0 Å². The van der Waals surface area contributed by atoms with E-state index in [0.717, 1.165) is 0 Å². The standard InChI is InChI=1S/C10H17N3O2S/c1-8(6-11)9(2)13-16(14,15)10-4-3-5-12-7-10/h3-5,7-9,13H,6,11H2,1-2H3. The highest BCUT2D eigenvalue weighted by atomic mass is 32.2. The van der Waals surface area contributed by atoms with Gasteiger partial charge in [-0.25, -0.2) is 13.1 Å². The van der Waals surface area contributed by atoms with Crippen LogP contribution in [0.15, 0.2) is 29.4 Å². The molecule has 6 heteroatoms. The van der Waals surface area contributed by atoms with Crippen LogP contribution in [-0.4, -0.2) is 26.0 Å². The number of nitrogens with zero attached hydrogens (tertiary/aromatic N) is 1. The molecule has 1 aromatic heterocycles. The second-order valence-electron chi connectivity index (χ2n) is 3.81. The Morgan fingerprint density at radius 2 is 2.19 bits per heavy atom. The molecule has 90 valence electrons. The predicted molar refractivity (Wildman–Crippen MR) is 62.2 cm³/mol. The van der Waals surface area contributed by atoms with E-state index < -0.39 is 10.0 Å². The second-order valence-corrected chi connectivity index (χ2v) is 5.53. The van der Waals surface area contributed by atoms with Crippen molar-refractivity contribution in [2.24, 2.45) is 11.7 Å². The molecule has 16 heavy (non-hydrogen) atoms. The summed E-state index contributed by atoms with van der Waals surface area (Å²) >= 11 is 0. The Balaban J connectivity index is 2.81. The van der Waals surface area contributed by atoms with Crippen LogP contribution in [0.25, 0.3) is 0 Å². The zero-order valence-electron chi connectivity index (χ0n) is 9.42. The van der Waals surface area contributed by atoms with Crippen LogP contribution in [0.3, 0.4) is 0 Å². The molecule has 1 rings (SSSR count). The minimum Gasteiger partial charge on any atom is -0.330 e. The topological polar surface area (TPSA) is 85.1 Å². The number of pyridine rings is 1. The smallest absolute Gasteiger partial charge is 0.242 e. The fourth-order valence-electron chi connectivity index (χ4n) is 1.14. The first-order valence-corrected chi connectivity index (χ1v) is 6.58. The molecule has 0 saturated carbocycles. The average molecular weight is 243 g/mol. The lowest BCUT2D eigenvalue weighted by atomic mass is 10.1. The van der Waals surface area contributed by atoms with Gasteiger partial charge in [0.25, 0.3) is 0 Å². The van der Waals surface area contributed by atoms with Crippen LogP contribution in [0.5, 0.6) is 0 Å². The van der Waals surface area contributed by atoms with Gasteiger partial charge in [-0.05, 0) is 31.5 Å². The van der Waals surface area contributed by atoms with Crippen molar-refractivity contribution in [3.63, 3.8) is 0 Å². The number of hydrogen-bond donors (Lipinski definition) is 2. The molecule has 3 N–H and O–H groups in total. The summed E-state index contributed by atoms with van der Waals surface area (Å²) < 4.78 is 26.3. The maximum Gasteiger partial charge on any atom is 0.242 e. The van der Waals surface area contributed by atoms with Crippen molar-refractivity contribution in [3.8, 4) is 0 Å². The van der Waals surface area contributed by atoms with Gasteiger partial charge in [0.1, 0.15) is 4.90 Å². The van der Waals surface area contributed by atoms with Crippen LogP contribution in [0, 0.1) is 5.92 Å². The van der Waals surface area contributed by atoms with Crippen LogP contribution >= 0.6 is 0 Å². The van der Waals surface area contributed by atoms with Crippen molar-refractivity contribution in [2.75, 3.05) is 6.54 Å². The number of nitrogens with one attached hydrogen (secondary N) is 1. The number of sulfonamides is 1. The van der Waals surface area contributed by atoms with Gasteiger partial charge in [0, 0.05) is 18.4 Å². The van der Waals surface area contributed by atoms with Crippen LogP contribution in [0.1, 0.15) is 13.8 Å². The quantitative estimate of drug-likeness (QED) is 0.781. The molecular formula is C10H17N3O2S. The minimum absolute atomic E-state index is 0.0893. The molecule has 0 saturated heterocycles. The molecule has 2 atom stereocenters. The third-order valence-electron chi connectivity index (χ3n) is 2.51. The zero-order valence-corrected chi connectivity index (χ0v) is 10.2. The normalized spacial score (nSPS) is 15.7. The van der Waals surface area contributed by atoms with Gasteiger partial charge in [-0.2, -0.15) is 0 Å². The summed E-state index contributed by atoms with van der Waals surface area (Å²) in [6.07, 6.45) is 2.85. The van der Waals surface area contributed by atoms with Crippen LogP contribution in [-0.2, 0) is 10.0 Å². The molecule has 0 radical (unpaired) electrons. The van der Waals surface area contributed by atoms with Gasteiger partial charge < -0.3 is 5.73 Å². The third kappa shape index (κ3) is 3.26. The molecule has 2 unspecified atom stereocenters. The zero-order chi connectivity index (χ0) is 12.2. The summed E-state index contributed by atoms with van der Waals surface area (Å²) in [6.45, 7) is 4.14. The second kappa shape index (κ2) is 5.38. The fourth-order valence-corrected chi connectivity index (χ4v) is 2.45. The highest BCUT2D eigenvalue weighted by molar-refractivity contribution is 7.89. The predicted octanol–water partition coefficient (Wildman–Crippen LogP) is 0.343. The summed E-state index contributed by atoms with van der Waals surface area (Å²) in [6, 6.07) is 2.90. The maximum atomic E-state index is 11.9. The highest BCUT2D eigenvalue weighted by Crippen LogP contribution is 2.09. The van der Waals surface area contributed by atoms with Crippen molar-refractivity contribution in [2.45, 2.75) is 24.8 Å². The van der Waals surface area contributed by atoms with E-state index in [1.54, 1.807) is 13.0 Å². The summed E-state index contributed by atoms with van der Waals surface area (Å²) in [5, 5.41) is 0. The van der Waals surface area contributed by atoms with Crippen molar-refractivity contribution >= 4 is 10.0 Å². The van der Waals surface area contributed by atoms with Crippen molar-refractivity contribution in [1.29, 1.82) is 0 Å². The lowest BCUT2D eigenvalue weighted by Crippen LogP contribution is -2.39. The van der Waals surface area contributed by atoms with Gasteiger partial charge in [-0.1, -0.05) is 6.92 Å². The first kappa shape index (κ1) is 13.1. The van der Waals surface area contributed by atoms with Gasteiger partial charge in [0.15, 0.2) is 0 Å². The Kier molecular flexibility index (Phi) is 4.40. The van der Waals surface area contributed by atoms with Gasteiger partial charge in [0.2, 0.25) is 10.0 Å². The van der Waals surface area contributed by atoms with E-state index in [9.17, 15) is 8.42 Å². The number of aromatic nitrogens is 1. The molecule has 1 aromatic rings. The van der Waals surface area contributed by atoms with Crippen LogP contribution < -0.4 is 10.5 Å². The van der Waals surface area contributed by atoms with Gasteiger partial charge >= 0.3 is 0 Å². The molecule has 0 bridgehead atoms. The number of rotatable bonds is 5. The molecule has 0 fully saturated rings.